The number of aliphatic hydroxyl groups is 2. The Morgan fingerprint density at radius 2 is 0.723 bits per heavy atom. The monoisotopic (exact) mass is 2290 g/mol. The van der Waals surface area contributed by atoms with E-state index < -0.39 is 35.6 Å². The second-order valence-electron chi connectivity index (χ2n) is 40.5. The summed E-state index contributed by atoms with van der Waals surface area (Å²) in [6.07, 6.45) is 46.2. The Labute approximate surface area is 903 Å². The van der Waals surface area contributed by atoms with Crippen LogP contribution in [0.3, 0.4) is 0 Å². The third-order valence-electron chi connectivity index (χ3n) is 25.8. The van der Waals surface area contributed by atoms with E-state index in [1.54, 1.807) is 51.9 Å². The molecule has 10 aromatic rings. The second kappa shape index (κ2) is 57.9. The van der Waals surface area contributed by atoms with Crippen LogP contribution < -0.4 is 31.2 Å². The number of nitrogens with two attached hydrogens (primary N) is 1. The van der Waals surface area contributed by atoms with Gasteiger partial charge in [-0.1, -0.05) is 22.0 Å². The maximum atomic E-state index is 12.6. The van der Waals surface area contributed by atoms with E-state index in [9.17, 15) is 14.4 Å². The number of amides is 4. The van der Waals surface area contributed by atoms with Gasteiger partial charge in [-0.05, 0) is 343 Å². The van der Waals surface area contributed by atoms with Gasteiger partial charge >= 0.3 is 25.3 Å². The molecule has 10 aliphatic rings. The summed E-state index contributed by atoms with van der Waals surface area (Å²) in [5, 5.41) is 21.6. The fourth-order valence-electron chi connectivity index (χ4n) is 17.2. The van der Waals surface area contributed by atoms with Crippen LogP contribution in [0.2, 0.25) is 0 Å². The van der Waals surface area contributed by atoms with Crippen molar-refractivity contribution in [3.8, 4) is 33.4 Å². The van der Waals surface area contributed by atoms with E-state index in [-0.39, 0.29) is 37.1 Å². The highest BCUT2D eigenvalue weighted by Crippen LogP contribution is 2.39. The van der Waals surface area contributed by atoms with Crippen LogP contribution in [0.15, 0.2) is 173 Å². The van der Waals surface area contributed by atoms with E-state index in [1.807, 2.05) is 155 Å². The van der Waals surface area contributed by atoms with Crippen LogP contribution in [0.4, 0.5) is 37.7 Å². The van der Waals surface area contributed by atoms with E-state index in [2.05, 4.69) is 155 Å². The van der Waals surface area contributed by atoms with Crippen LogP contribution in [-0.2, 0) is 125 Å². The van der Waals surface area contributed by atoms with Crippen molar-refractivity contribution in [2.24, 2.45) is 5.73 Å². The summed E-state index contributed by atoms with van der Waals surface area (Å²) in [5.74, 6) is 3.06. The van der Waals surface area contributed by atoms with Crippen molar-refractivity contribution in [1.29, 1.82) is 0 Å². The molecule has 10 aliphatic heterocycles. The fourth-order valence-corrected chi connectivity index (χ4v) is 18.8. The highest BCUT2D eigenvalue weighted by atomic mass is 79.9. The van der Waals surface area contributed by atoms with Gasteiger partial charge in [0.2, 0.25) is 0 Å². The molecule has 796 valence electrons. The molecule has 10 aromatic heterocycles. The highest BCUT2D eigenvalue weighted by molar-refractivity contribution is 9.11. The van der Waals surface area contributed by atoms with Crippen molar-refractivity contribution in [2.45, 2.75) is 276 Å². The lowest BCUT2D eigenvalue weighted by Crippen LogP contribution is -2.42. The average Bonchev–Trinajstić information content (AvgIpc) is 1.64. The molecule has 6 fully saturated rings. The Balaban J connectivity index is 0.000000147. The predicted octanol–water partition coefficient (Wildman–Crippen LogP) is 20.2. The molecule has 4 amide bonds. The normalized spacial score (nSPS) is 17.7. The number of aliphatic hydroxyl groups excluding tert-OH is 2. The van der Waals surface area contributed by atoms with Crippen molar-refractivity contribution >= 4 is 118 Å². The molecule has 33 nitrogen and oxygen atoms in total. The van der Waals surface area contributed by atoms with Crippen LogP contribution in [-0.4, -0.2) is 231 Å². The third kappa shape index (κ3) is 37.0. The minimum absolute atomic E-state index is 0.0481. The number of pyridine rings is 10. The van der Waals surface area contributed by atoms with Gasteiger partial charge in [0.1, 0.15) is 34.5 Å². The van der Waals surface area contributed by atoms with Gasteiger partial charge in [-0.3, -0.25) is 44.6 Å². The molecular formula is C110H142BBr4N15O18. The molecule has 20 heterocycles. The number of nitrogens with zero attached hydrogens (tertiary/aromatic N) is 13. The summed E-state index contributed by atoms with van der Waals surface area (Å²) in [4.78, 5) is 84.8. The zero-order valence-corrected chi connectivity index (χ0v) is 93.0. The van der Waals surface area contributed by atoms with E-state index in [0.29, 0.717) is 75.7 Å². The number of rotatable bonds is 18. The van der Waals surface area contributed by atoms with Crippen molar-refractivity contribution in [3.63, 3.8) is 0 Å². The Morgan fingerprint density at radius 1 is 0.405 bits per heavy atom. The maximum absolute atomic E-state index is 12.6. The van der Waals surface area contributed by atoms with E-state index in [4.69, 9.17) is 77.4 Å². The molecule has 0 saturated carbocycles. The summed E-state index contributed by atoms with van der Waals surface area (Å²) >= 11 is 13.3. The van der Waals surface area contributed by atoms with Gasteiger partial charge in [-0.25, -0.2) is 34.3 Å². The van der Waals surface area contributed by atoms with Gasteiger partial charge in [0.05, 0.1) is 74.8 Å². The molecule has 0 aliphatic carbocycles. The number of anilines is 4. The number of aromatic nitrogens is 10. The van der Waals surface area contributed by atoms with Crippen molar-refractivity contribution in [1.82, 2.24) is 49.8 Å². The molecule has 0 atom stereocenters. The number of hydrogen-bond acceptors (Lipinski definition) is 29. The Morgan fingerprint density at radius 3 is 1.08 bits per heavy atom. The number of nitrogens with one attached hydrogen (secondary N) is 1. The Kier molecular flexibility index (Phi) is 45.2. The summed E-state index contributed by atoms with van der Waals surface area (Å²) in [7, 11) is -0.449. The lowest BCUT2D eigenvalue weighted by atomic mass is 9.79. The van der Waals surface area contributed by atoms with E-state index >= 15 is 0 Å². The van der Waals surface area contributed by atoms with Gasteiger partial charge in [-0.15, -0.1) is 0 Å². The third-order valence-corrected chi connectivity index (χ3v) is 27.8. The quantitative estimate of drug-likeness (QED) is 0.0458. The number of hydrogen-bond donors (Lipinski definition) is 4. The van der Waals surface area contributed by atoms with Crippen LogP contribution >= 0.6 is 63.7 Å². The summed E-state index contributed by atoms with van der Waals surface area (Å²) in [6, 6.07) is 20.2. The standard InChI is InChI=1S/C24H31N3O4.C20H24N4O3.C19H29BN2O4.C19H23N3O2.C11H14BrNO2.C6H5Br2N.C6H6BrNO.C5H10O2/c1-24(2,3)31-23(28)27-8-4-5-18-12-20(15-26-22(18)27)19-11-17(13-25-14-19)16-30-21-6-9-29-10-7-21;21-20(25)24-5-1-2-15-9-17(12-23-19(15)24)16-8-14(10-22-11-16)13-27-18-3-6-26-7-4-18;1-17(2,3)24-16(23)22-10-8-9-13-11-14(12-21-15(13)22)20-25-18(4,5)19(6,7)26-20;1-2-15-9-17(12-22-19(15)21-5-1)16-8-14(10-20-11-16)13-24-18-3-6-23-7-4-18;12-10-5-9(6-13-7-10)8-15-11-1-3-14-4-2-11;7-2-5-1-6(8)4-9-3-5;7-6-1-5(4-9)2-8-3-6;6-5-1-3-7-4-2-5/h11-15,21H,4-10,16H2,1-3H3;8-12,18H,1-7,13H2,(H2,21,25);11-12H,8-10H2,1-7H3;8-12,18H,1-7,13H2,(H,21,22);5-7,11H,1-4,8H2;1,3-4H,2H2;1-3,9H,4H2;5-6H,1-4H2. The number of alkyl halides is 1. The number of carbonyl (C=O) groups excluding carboxylic acids is 3. The SMILES string of the molecule is BrCc1cncc(Br)c1.Brc1cncc(COC2CCOCC2)c1.CC(C)(C)OC(=O)N1CCCc2cc(-c3cncc(COC4CCOCC4)c3)cnc21.CC(C)(C)OC(=O)N1CCCc2cc(B3OC(C)(C)C(C)(C)O3)cnc21.NC(=O)N1CCCc2cc(-c3cncc(COC4CCOCC4)c3)cnc21.OC1CCOCC1.OCc1cncc(Br)c1.c1ncc(-c2cnc3c(c2)CCCN3)cc1COC1CCOCC1. The lowest BCUT2D eigenvalue weighted by Gasteiger charge is -2.32. The van der Waals surface area contributed by atoms with Crippen molar-refractivity contribution in [2.75, 3.05) is 112 Å². The second-order valence-corrected chi connectivity index (χ2v) is 43.8. The zero-order chi connectivity index (χ0) is 105. The Hall–Kier alpha value is -9.43. The van der Waals surface area contributed by atoms with Crippen LogP contribution in [0.5, 0.6) is 0 Å². The number of urea groups is 1. The number of halogens is 4. The van der Waals surface area contributed by atoms with Gasteiger partial charge in [-0.2, -0.15) is 0 Å². The molecule has 6 saturated heterocycles. The highest BCUT2D eigenvalue weighted by Gasteiger charge is 2.52. The molecule has 5 N–H and O–H groups in total. The van der Waals surface area contributed by atoms with Crippen LogP contribution in [0, 0.1) is 0 Å². The largest absolute Gasteiger partial charge is 0.496 e. The Bertz CT molecular complexity index is 5810. The molecule has 0 bridgehead atoms. The van der Waals surface area contributed by atoms with Gasteiger partial charge in [0.25, 0.3) is 0 Å². The topological polar surface area (TPSA) is 388 Å². The molecule has 0 unspecified atom stereocenters. The zero-order valence-electron chi connectivity index (χ0n) is 86.7. The molecule has 20 rings (SSSR count). The van der Waals surface area contributed by atoms with Gasteiger partial charge < -0.3 is 82.7 Å². The number of primary amides is 1. The average molecular weight is 2290 g/mol. The summed E-state index contributed by atoms with van der Waals surface area (Å²) < 4.78 is 76.4. The van der Waals surface area contributed by atoms with E-state index in [1.165, 1.54) is 11.1 Å². The number of carbonyl (C=O) groups is 3. The number of fused-ring (bicyclic) bond motifs is 4. The molecule has 0 radical (unpaired) electrons. The van der Waals surface area contributed by atoms with Crippen LogP contribution in [0.25, 0.3) is 33.4 Å². The molecular weight excluding hydrogens is 2150 g/mol. The van der Waals surface area contributed by atoms with Crippen molar-refractivity contribution < 1.29 is 86.0 Å². The first-order valence-electron chi connectivity index (χ1n) is 51.2. The molecule has 148 heavy (non-hydrogen) atoms. The predicted molar refractivity (Wildman–Crippen MR) is 583 cm³/mol. The molecule has 0 spiro atoms. The smallest absolute Gasteiger partial charge is 0.443 e. The summed E-state index contributed by atoms with van der Waals surface area (Å²) in [5.41, 5.74) is 21.4. The maximum Gasteiger partial charge on any atom is 0.496 e. The lowest BCUT2D eigenvalue weighted by molar-refractivity contribution is -0.0393. The van der Waals surface area contributed by atoms with Gasteiger partial charge in [0, 0.05) is 249 Å². The number of aryl methyl sites for hydroxylation is 4. The minimum Gasteiger partial charge on any atom is -0.443 e. The number of ether oxygens (including phenoxy) is 11. The minimum atomic E-state index is -0.534. The fraction of sp³-hybridized carbons (Fsp3) is 0.518. The van der Waals surface area contributed by atoms with Crippen molar-refractivity contribution in [3.05, 3.63) is 229 Å². The van der Waals surface area contributed by atoms with Crippen LogP contribution in [0.1, 0.15) is 215 Å². The van der Waals surface area contributed by atoms with E-state index in [0.717, 1.165) is 296 Å². The molecule has 0 aromatic carbocycles. The summed E-state index contributed by atoms with van der Waals surface area (Å²) in [6.45, 7) is 32.4. The molecule has 38 heteroatoms. The first-order chi connectivity index (χ1) is 71.3. The van der Waals surface area contributed by atoms with Gasteiger partial charge in [0.15, 0.2) is 0 Å². The first kappa shape index (κ1) is 116. The first-order valence-corrected chi connectivity index (χ1v) is 54.7.